The molecular formula is C95H87F6N17O5. The number of rotatable bonds is 25. The fourth-order valence-corrected chi connectivity index (χ4v) is 15.9. The fourth-order valence-electron chi connectivity index (χ4n) is 15.9. The molecule has 15 aromatic rings. The molecule has 0 spiro atoms. The molecule has 3 fully saturated rings. The zero-order valence-corrected chi connectivity index (χ0v) is 67.5. The van der Waals surface area contributed by atoms with Crippen LogP contribution in [0.3, 0.4) is 0 Å². The van der Waals surface area contributed by atoms with E-state index in [1.165, 1.54) is 78.9 Å². The zero-order chi connectivity index (χ0) is 86.0. The molecule has 0 radical (unpaired) electrons. The number of amides is 2. The SMILES string of the molecule is Cc1cc(C(=O)Cc2cc(C(CCC3CC3)n3ccccc3=O)ccc2F)n(-c2ccc3ccnc(N)c3c2)n1.Cc1cc(C(=O)Nc2cc(C(CCC3CC3)n3ccccc3=O)ccc2F)n(-c2ccc3ccnc(N)c3c2)n1.Cc1nccc2ccc(-n3nc(C(=O)Nc4cc(C(N)(CCC5CC5)c5ccncc5)ccc4F)cc3C(F)(F)F)cc12. The summed E-state index contributed by atoms with van der Waals surface area (Å²) >= 11 is 0. The van der Waals surface area contributed by atoms with Crippen LogP contribution in [0.4, 0.5) is 49.4 Å². The molecular weight excluding hydrogens is 1570 g/mol. The highest BCUT2D eigenvalue weighted by atomic mass is 19.4. The Kier molecular flexibility index (Phi) is 23.5. The monoisotopic (exact) mass is 1660 g/mol. The normalized spacial score (nSPS) is 14.3. The van der Waals surface area contributed by atoms with Crippen LogP contribution in [0.25, 0.3) is 49.4 Å². The highest BCUT2D eigenvalue weighted by Crippen LogP contribution is 2.43. The smallest absolute Gasteiger partial charge is 0.383 e. The quantitative estimate of drug-likeness (QED) is 0.0262. The predicted octanol–water partition coefficient (Wildman–Crippen LogP) is 18.4. The molecule has 22 nitrogen and oxygen atoms in total. The number of Topliss-reactive ketones (excluding diaryl/α,β-unsaturated/α-hetero) is 1. The Morgan fingerprint density at radius 3 is 1.53 bits per heavy atom. The minimum absolute atomic E-state index is 0.0419. The second-order valence-corrected chi connectivity index (χ2v) is 31.9. The molecule has 0 bridgehead atoms. The number of ketones is 1. The number of fused-ring (bicyclic) bond motifs is 3. The van der Waals surface area contributed by atoms with Gasteiger partial charge in [-0.25, -0.2) is 37.2 Å². The summed E-state index contributed by atoms with van der Waals surface area (Å²) in [6.45, 7) is 5.35. The van der Waals surface area contributed by atoms with Gasteiger partial charge in [-0.15, -0.1) is 0 Å². The first-order valence-electron chi connectivity index (χ1n) is 40.8. The first kappa shape index (κ1) is 82.7. The van der Waals surface area contributed by atoms with Crippen molar-refractivity contribution in [1.82, 2.24) is 58.4 Å². The van der Waals surface area contributed by atoms with Gasteiger partial charge in [-0.1, -0.05) is 93.1 Å². The van der Waals surface area contributed by atoms with E-state index in [9.17, 15) is 37.1 Å². The standard InChI is InChI=1S/C32H28F4N6O.C32H30FN5O2.C31H29FN6O2/c1-19-25-17-24(6-4-21(25)9-15-39-19)42-29(32(34,35)36)18-28(41-42)30(43)40-27-16-23(5-7-26(27)33)31(37,12-8-20-2-3-20)22-10-13-38-14-11-22;1-20-16-29(38(36-20)25-10-8-22-13-14-35-32(34)26(22)19-25)30(39)18-24-17-23(9-11-27(24)33)28(12-7-21-5-6-21)37-15-3-2-4-31(37)40;1-19-16-28(38(36-19)23-10-8-21-13-14-34-30(33)24(21)18-23)31(40)35-26-17-22(9-11-25(26)32)27(12-7-20-5-6-20)37-15-3-2-4-29(37)39/h4-7,9-11,13-18,20H,2-3,8,12,37H2,1H3,(H,40,43);2-4,8-11,13-17,19,21,28H,5-7,12,18H2,1H3,(H2,34,35);2-4,8-11,13-18,20,27H,5-7,12H2,1H3,(H2,33,34)(H,35,40). The second kappa shape index (κ2) is 35.0. The molecule has 18 rings (SSSR count). The Labute approximate surface area is 702 Å². The summed E-state index contributed by atoms with van der Waals surface area (Å²) in [5.74, 6) is -0.829. The number of nitrogens with one attached hydrogen (secondary N) is 2. The van der Waals surface area contributed by atoms with Crippen molar-refractivity contribution in [1.29, 1.82) is 0 Å². The number of nitrogen functional groups attached to an aromatic ring is 2. The second-order valence-electron chi connectivity index (χ2n) is 31.9. The molecule has 2 amide bonds. The number of nitrogens with two attached hydrogens (primary N) is 3. The number of carbonyl (C=O) groups excluding carboxylic acids is 3. The van der Waals surface area contributed by atoms with Crippen LogP contribution < -0.4 is 39.0 Å². The lowest BCUT2D eigenvalue weighted by atomic mass is 9.79. The van der Waals surface area contributed by atoms with Gasteiger partial charge in [-0.05, 0) is 242 Å². The van der Waals surface area contributed by atoms with Crippen LogP contribution in [-0.2, 0) is 18.1 Å². The third-order valence-electron chi connectivity index (χ3n) is 23.1. The van der Waals surface area contributed by atoms with Crippen molar-refractivity contribution < 1.29 is 40.7 Å². The Morgan fingerprint density at radius 1 is 0.480 bits per heavy atom. The number of alkyl halides is 3. The van der Waals surface area contributed by atoms with Gasteiger partial charge in [0.2, 0.25) is 0 Å². The Hall–Kier alpha value is -14.0. The Bertz CT molecular complexity index is 6390. The maximum atomic E-state index is 15.1. The molecule has 8 N–H and O–H groups in total. The number of aryl methyl sites for hydroxylation is 3. The van der Waals surface area contributed by atoms with Gasteiger partial charge >= 0.3 is 6.18 Å². The summed E-state index contributed by atoms with van der Waals surface area (Å²) in [7, 11) is 0. The number of benzene rings is 6. The average molecular weight is 1660 g/mol. The van der Waals surface area contributed by atoms with E-state index in [-0.39, 0.29) is 58.2 Å². The summed E-state index contributed by atoms with van der Waals surface area (Å²) in [6, 6.07) is 52.3. The molecule has 3 atom stereocenters. The van der Waals surface area contributed by atoms with E-state index in [2.05, 4.69) is 45.9 Å². The van der Waals surface area contributed by atoms with Crippen molar-refractivity contribution in [2.75, 3.05) is 22.1 Å². The Balaban J connectivity index is 0.000000137. The van der Waals surface area contributed by atoms with Crippen LogP contribution in [-0.4, -0.2) is 76.0 Å². The van der Waals surface area contributed by atoms with Crippen molar-refractivity contribution in [3.8, 4) is 17.1 Å². The first-order valence-corrected chi connectivity index (χ1v) is 40.8. The summed E-state index contributed by atoms with van der Waals surface area (Å²) in [6.07, 6.45) is 18.8. The van der Waals surface area contributed by atoms with Gasteiger partial charge < -0.3 is 37.0 Å². The van der Waals surface area contributed by atoms with Crippen molar-refractivity contribution in [2.24, 2.45) is 23.5 Å². The summed E-state index contributed by atoms with van der Waals surface area (Å²) in [4.78, 5) is 82.3. The molecule has 6 aromatic carbocycles. The van der Waals surface area contributed by atoms with E-state index in [1.54, 1.807) is 150 Å². The van der Waals surface area contributed by atoms with Gasteiger partial charge in [0.1, 0.15) is 46.2 Å². The number of nitrogens with zero attached hydrogens (tertiary/aromatic N) is 12. The van der Waals surface area contributed by atoms with Gasteiger partial charge in [0.05, 0.1) is 57.4 Å². The predicted molar refractivity (Wildman–Crippen MR) is 461 cm³/mol. The summed E-state index contributed by atoms with van der Waals surface area (Å²) in [5.41, 5.74) is 23.2. The molecule has 624 valence electrons. The average Bonchev–Trinajstić information content (AvgIpc) is 1.78. The molecule has 28 heteroatoms. The number of hydrogen-bond acceptors (Lipinski definition) is 15. The highest BCUT2D eigenvalue weighted by Gasteiger charge is 2.39. The lowest BCUT2D eigenvalue weighted by Gasteiger charge is -2.31. The van der Waals surface area contributed by atoms with Crippen LogP contribution in [0.15, 0.2) is 247 Å². The van der Waals surface area contributed by atoms with Crippen LogP contribution in [0, 0.1) is 56.0 Å². The van der Waals surface area contributed by atoms with Gasteiger partial charge in [0, 0.05) is 89.9 Å². The van der Waals surface area contributed by atoms with Gasteiger partial charge in [0.25, 0.3) is 22.9 Å². The number of pyridine rings is 6. The van der Waals surface area contributed by atoms with Gasteiger partial charge in [-0.3, -0.25) is 33.9 Å². The molecule has 3 saturated carbocycles. The van der Waals surface area contributed by atoms with E-state index in [0.29, 0.717) is 97.2 Å². The van der Waals surface area contributed by atoms with E-state index in [4.69, 9.17) is 17.2 Å². The third kappa shape index (κ3) is 18.7. The third-order valence-corrected chi connectivity index (χ3v) is 23.1. The maximum Gasteiger partial charge on any atom is 0.433 e. The molecule has 0 aliphatic heterocycles. The lowest BCUT2D eigenvalue weighted by Crippen LogP contribution is -2.38. The topological polar surface area (TPSA) is 302 Å². The molecule has 123 heavy (non-hydrogen) atoms. The molecule has 9 aromatic heterocycles. The van der Waals surface area contributed by atoms with Crippen molar-refractivity contribution in [3.05, 3.63) is 343 Å². The summed E-state index contributed by atoms with van der Waals surface area (Å²) < 4.78 is 94.6. The van der Waals surface area contributed by atoms with Gasteiger partial charge in [-0.2, -0.15) is 28.5 Å². The van der Waals surface area contributed by atoms with Crippen molar-refractivity contribution in [2.45, 2.75) is 128 Å². The Morgan fingerprint density at radius 2 is 0.967 bits per heavy atom. The number of halogens is 6. The molecule has 0 saturated heterocycles. The van der Waals surface area contributed by atoms with E-state index >= 15 is 13.2 Å². The molecule has 9 heterocycles. The van der Waals surface area contributed by atoms with Crippen LogP contribution in [0.5, 0.6) is 0 Å². The number of hydrogen-bond donors (Lipinski definition) is 5. The number of carbonyl (C=O) groups is 3. The number of anilines is 4. The zero-order valence-electron chi connectivity index (χ0n) is 67.5. The van der Waals surface area contributed by atoms with Crippen LogP contribution >= 0.6 is 0 Å². The molecule has 3 aliphatic rings. The number of aromatic nitrogens is 12. The van der Waals surface area contributed by atoms with Crippen molar-refractivity contribution in [3.63, 3.8) is 0 Å². The lowest BCUT2D eigenvalue weighted by molar-refractivity contribution is -0.142. The minimum atomic E-state index is -4.82. The first-order chi connectivity index (χ1) is 59.3. The highest BCUT2D eigenvalue weighted by molar-refractivity contribution is 6.05. The van der Waals surface area contributed by atoms with Crippen LogP contribution in [0.2, 0.25) is 0 Å². The van der Waals surface area contributed by atoms with E-state index in [0.717, 1.165) is 88.6 Å². The van der Waals surface area contributed by atoms with E-state index < -0.39 is 52.4 Å². The van der Waals surface area contributed by atoms with Gasteiger partial charge in [0.15, 0.2) is 11.5 Å². The van der Waals surface area contributed by atoms with Crippen molar-refractivity contribution >= 4 is 72.9 Å². The maximum absolute atomic E-state index is 15.1. The largest absolute Gasteiger partial charge is 0.433 e. The minimum Gasteiger partial charge on any atom is -0.383 e. The molecule has 3 aliphatic carbocycles. The molecule has 3 unspecified atom stereocenters. The summed E-state index contributed by atoms with van der Waals surface area (Å²) in [5, 5.41) is 23.0. The fraction of sp³-hybridized carbons (Fsp3) is 0.242. The van der Waals surface area contributed by atoms with E-state index in [1.807, 2.05) is 67.6 Å². The van der Waals surface area contributed by atoms with Crippen LogP contribution in [0.1, 0.15) is 171 Å².